The highest BCUT2D eigenvalue weighted by molar-refractivity contribution is 5.76. The third kappa shape index (κ3) is 2.22. The van der Waals surface area contributed by atoms with Gasteiger partial charge < -0.3 is 14.3 Å². The van der Waals surface area contributed by atoms with Crippen LogP contribution in [0.5, 0.6) is 0 Å². The van der Waals surface area contributed by atoms with E-state index in [1.165, 1.54) is 0 Å². The van der Waals surface area contributed by atoms with Gasteiger partial charge in [0.15, 0.2) is 11.4 Å². The van der Waals surface area contributed by atoms with Gasteiger partial charge in [0, 0.05) is 5.69 Å². The zero-order valence-electron chi connectivity index (χ0n) is 10.4. The van der Waals surface area contributed by atoms with Crippen LogP contribution >= 0.6 is 0 Å². The lowest BCUT2D eigenvalue weighted by Crippen LogP contribution is -2.06. The van der Waals surface area contributed by atoms with Gasteiger partial charge in [0.05, 0.1) is 5.52 Å². The number of nitrogens with zero attached hydrogens (tertiary/aromatic N) is 2. The van der Waals surface area contributed by atoms with E-state index >= 15 is 0 Å². The minimum atomic E-state index is -0.465. The summed E-state index contributed by atoms with van der Waals surface area (Å²) in [7, 11) is 0. The van der Waals surface area contributed by atoms with E-state index in [1.807, 2.05) is 13.0 Å². The fraction of sp³-hybridized carbons (Fsp3) is 0.250. The molecule has 0 amide bonds. The molecule has 98 valence electrons. The highest BCUT2D eigenvalue weighted by Crippen LogP contribution is 2.21. The number of hydrogen-bond donors (Lipinski definition) is 2. The van der Waals surface area contributed by atoms with Gasteiger partial charge in [-0.3, -0.25) is 4.98 Å². The highest BCUT2D eigenvalue weighted by Gasteiger charge is 2.13. The van der Waals surface area contributed by atoms with Gasteiger partial charge in [0.25, 0.3) is 0 Å². The number of benzene rings is 1. The van der Waals surface area contributed by atoms with Gasteiger partial charge in [0.1, 0.15) is 6.04 Å². The van der Waals surface area contributed by atoms with Crippen molar-refractivity contribution in [2.45, 2.75) is 19.9 Å². The molecule has 0 radical (unpaired) electrons. The van der Waals surface area contributed by atoms with Gasteiger partial charge in [-0.2, -0.15) is 4.98 Å². The van der Waals surface area contributed by atoms with Crippen molar-refractivity contribution in [1.29, 1.82) is 0 Å². The molecule has 0 aliphatic rings. The largest absolute Gasteiger partial charge is 0.417 e. The Morgan fingerprint density at radius 3 is 3.00 bits per heavy atom. The van der Waals surface area contributed by atoms with Crippen LogP contribution < -0.4 is 11.1 Å². The number of nitrogens with one attached hydrogen (secondary N) is 2. The first-order valence-corrected chi connectivity index (χ1v) is 5.81. The van der Waals surface area contributed by atoms with Crippen LogP contribution in [0.3, 0.4) is 0 Å². The van der Waals surface area contributed by atoms with Crippen LogP contribution in [0.25, 0.3) is 11.1 Å². The Bertz CT molecular complexity index is 770. The van der Waals surface area contributed by atoms with Crippen molar-refractivity contribution in [3.8, 4) is 0 Å². The quantitative estimate of drug-likeness (QED) is 0.747. The zero-order valence-corrected chi connectivity index (χ0v) is 10.4. The average Bonchev–Trinajstić information content (AvgIpc) is 2.93. The first kappa shape index (κ1) is 11.5. The minimum absolute atomic E-state index is 0.128. The van der Waals surface area contributed by atoms with E-state index in [4.69, 9.17) is 8.94 Å². The highest BCUT2D eigenvalue weighted by atomic mass is 16.5. The fourth-order valence-corrected chi connectivity index (χ4v) is 1.84. The molecular formula is C12H12N4O3. The molecule has 1 atom stereocenters. The molecular weight excluding hydrogens is 248 g/mol. The van der Waals surface area contributed by atoms with Crippen molar-refractivity contribution in [2.75, 3.05) is 5.32 Å². The number of rotatable bonds is 3. The number of fused-ring (bicyclic) bond motifs is 1. The maximum Gasteiger partial charge on any atom is 0.417 e. The standard InChI is InChI=1S/C12H12N4O3/c1-6(11-14-7(2)16-19-11)13-8-3-4-10-9(5-8)15-12(17)18-10/h3-6,13H,1-2H3,(H,15,17)/t6-/m0/s1. The zero-order chi connectivity index (χ0) is 13.4. The van der Waals surface area contributed by atoms with Crippen LogP contribution in [-0.4, -0.2) is 15.1 Å². The van der Waals surface area contributed by atoms with Gasteiger partial charge in [-0.15, -0.1) is 0 Å². The molecule has 2 aromatic heterocycles. The van der Waals surface area contributed by atoms with E-state index in [9.17, 15) is 4.79 Å². The second kappa shape index (κ2) is 4.27. The second-order valence-electron chi connectivity index (χ2n) is 4.27. The fourth-order valence-electron chi connectivity index (χ4n) is 1.84. The van der Waals surface area contributed by atoms with Crippen molar-refractivity contribution in [2.24, 2.45) is 0 Å². The lowest BCUT2D eigenvalue weighted by molar-refractivity contribution is 0.364. The Hall–Kier alpha value is -2.57. The number of aromatic nitrogens is 3. The third-order valence-corrected chi connectivity index (χ3v) is 2.72. The number of oxazole rings is 1. The van der Waals surface area contributed by atoms with Crippen LogP contribution in [0.4, 0.5) is 5.69 Å². The van der Waals surface area contributed by atoms with Gasteiger partial charge in [0.2, 0.25) is 5.89 Å². The summed E-state index contributed by atoms with van der Waals surface area (Å²) in [5.41, 5.74) is 1.99. The first-order chi connectivity index (χ1) is 9.11. The summed E-state index contributed by atoms with van der Waals surface area (Å²) in [5.74, 6) is 0.643. The molecule has 0 unspecified atom stereocenters. The molecule has 0 saturated carbocycles. The van der Waals surface area contributed by atoms with E-state index in [1.54, 1.807) is 19.1 Å². The third-order valence-electron chi connectivity index (χ3n) is 2.72. The van der Waals surface area contributed by atoms with E-state index < -0.39 is 5.76 Å². The summed E-state index contributed by atoms with van der Waals surface area (Å²) in [6, 6.07) is 5.21. The molecule has 0 fully saturated rings. The molecule has 7 heteroatoms. The number of aromatic amines is 1. The molecule has 7 nitrogen and oxygen atoms in total. The first-order valence-electron chi connectivity index (χ1n) is 5.81. The van der Waals surface area contributed by atoms with Crippen LogP contribution in [0, 0.1) is 6.92 Å². The van der Waals surface area contributed by atoms with Crippen LogP contribution in [0.1, 0.15) is 24.7 Å². The Kier molecular flexibility index (Phi) is 2.59. The molecule has 0 aliphatic heterocycles. The minimum Gasteiger partial charge on any atom is -0.408 e. The number of H-pyrrole nitrogens is 1. The number of anilines is 1. The summed E-state index contributed by atoms with van der Waals surface area (Å²) in [4.78, 5) is 17.8. The summed E-state index contributed by atoms with van der Waals surface area (Å²) >= 11 is 0. The number of aryl methyl sites for hydroxylation is 1. The van der Waals surface area contributed by atoms with Gasteiger partial charge in [-0.25, -0.2) is 4.79 Å². The second-order valence-corrected chi connectivity index (χ2v) is 4.27. The van der Waals surface area contributed by atoms with Crippen molar-refractivity contribution in [3.05, 3.63) is 40.5 Å². The Morgan fingerprint density at radius 1 is 1.42 bits per heavy atom. The molecule has 0 bridgehead atoms. The van der Waals surface area contributed by atoms with Crippen molar-refractivity contribution >= 4 is 16.8 Å². The van der Waals surface area contributed by atoms with Crippen molar-refractivity contribution < 1.29 is 8.94 Å². The van der Waals surface area contributed by atoms with Crippen molar-refractivity contribution in [1.82, 2.24) is 15.1 Å². The maximum absolute atomic E-state index is 11.1. The average molecular weight is 260 g/mol. The van der Waals surface area contributed by atoms with Crippen LogP contribution in [0.2, 0.25) is 0 Å². The Morgan fingerprint density at radius 2 is 2.26 bits per heavy atom. The monoisotopic (exact) mass is 260 g/mol. The number of hydrogen-bond acceptors (Lipinski definition) is 6. The predicted octanol–water partition coefficient (Wildman–Crippen LogP) is 1.99. The molecule has 2 heterocycles. The molecule has 3 rings (SSSR count). The summed E-state index contributed by atoms with van der Waals surface area (Å²) in [6.45, 7) is 3.68. The molecule has 19 heavy (non-hydrogen) atoms. The summed E-state index contributed by atoms with van der Waals surface area (Å²) in [6.07, 6.45) is 0. The summed E-state index contributed by atoms with van der Waals surface area (Å²) in [5, 5.41) is 6.96. The van der Waals surface area contributed by atoms with Gasteiger partial charge in [-0.05, 0) is 32.0 Å². The topological polar surface area (TPSA) is 97.0 Å². The Labute approximate surface area is 107 Å². The maximum atomic E-state index is 11.1. The normalized spacial score (nSPS) is 12.7. The van der Waals surface area contributed by atoms with Crippen LogP contribution in [-0.2, 0) is 0 Å². The molecule has 0 spiro atoms. The Balaban J connectivity index is 1.86. The molecule has 2 N–H and O–H groups in total. The predicted molar refractivity (Wildman–Crippen MR) is 67.9 cm³/mol. The lowest BCUT2D eigenvalue weighted by Gasteiger charge is -2.10. The molecule has 3 aromatic rings. The van der Waals surface area contributed by atoms with Gasteiger partial charge in [-0.1, -0.05) is 5.16 Å². The van der Waals surface area contributed by atoms with Gasteiger partial charge >= 0.3 is 5.76 Å². The van der Waals surface area contributed by atoms with Crippen molar-refractivity contribution in [3.63, 3.8) is 0 Å². The smallest absolute Gasteiger partial charge is 0.408 e. The van der Waals surface area contributed by atoms with E-state index in [0.717, 1.165) is 5.69 Å². The molecule has 1 aromatic carbocycles. The van der Waals surface area contributed by atoms with E-state index in [2.05, 4.69) is 20.4 Å². The lowest BCUT2D eigenvalue weighted by atomic mass is 10.2. The molecule has 0 aliphatic carbocycles. The van der Waals surface area contributed by atoms with E-state index in [0.29, 0.717) is 22.8 Å². The molecule has 0 saturated heterocycles. The summed E-state index contributed by atoms with van der Waals surface area (Å²) < 4.78 is 10.0. The van der Waals surface area contributed by atoms with E-state index in [-0.39, 0.29) is 6.04 Å². The SMILES string of the molecule is Cc1noc([C@H](C)Nc2ccc3oc(=O)[nH]c3c2)n1. The van der Waals surface area contributed by atoms with Crippen LogP contribution in [0.15, 0.2) is 31.9 Å².